The maximum Gasteiger partial charge on any atom is 0.390 e. The summed E-state index contributed by atoms with van der Waals surface area (Å²) < 4.78 is 38.3. The highest BCUT2D eigenvalue weighted by atomic mass is 79.9. The summed E-state index contributed by atoms with van der Waals surface area (Å²) >= 11 is 4.50. The second-order valence-corrected chi connectivity index (χ2v) is 6.55. The largest absolute Gasteiger partial charge is 0.397 e. The minimum Gasteiger partial charge on any atom is -0.397 e. The van der Waals surface area contributed by atoms with Gasteiger partial charge in [0.2, 0.25) is 0 Å². The van der Waals surface area contributed by atoms with Crippen molar-refractivity contribution >= 4 is 48.9 Å². The van der Waals surface area contributed by atoms with E-state index in [9.17, 15) is 18.0 Å². The number of thiophene rings is 1. The minimum atomic E-state index is -4.29. The Morgan fingerprint density at radius 1 is 1.43 bits per heavy atom. The molecule has 0 bridgehead atoms. The van der Waals surface area contributed by atoms with Gasteiger partial charge in [0, 0.05) is 28.2 Å². The van der Waals surface area contributed by atoms with Gasteiger partial charge < -0.3 is 10.6 Å². The molecule has 1 heterocycles. The topological polar surface area (TPSA) is 46.3 Å². The molecule has 2 N–H and O–H groups in total. The molecule has 21 heavy (non-hydrogen) atoms. The number of nitrogens with zero attached hydrogens (tertiary/aromatic N) is 1. The number of hydrogen-bond donors (Lipinski definition) is 1. The maximum absolute atomic E-state index is 12.2. The Labute approximate surface area is 131 Å². The Kier molecular flexibility index (Phi) is 4.48. The average molecular weight is 381 g/mol. The number of amides is 1. The van der Waals surface area contributed by atoms with E-state index in [-0.39, 0.29) is 11.4 Å². The number of anilines is 1. The molecular formula is C13H12BrF3N2OS. The van der Waals surface area contributed by atoms with Gasteiger partial charge in [-0.25, -0.2) is 0 Å². The summed E-state index contributed by atoms with van der Waals surface area (Å²) in [5.74, 6) is -0.492. The standard InChI is InChI=1S/C13H12BrF3N2OS/c1-19(5-4-13(15,16)17)12(20)11-10(18)8-6-7(14)2-3-9(8)21-11/h2-3,6H,4-5,18H2,1H3. The van der Waals surface area contributed by atoms with Crippen molar-refractivity contribution in [3.8, 4) is 0 Å². The van der Waals surface area contributed by atoms with Crippen LogP contribution in [0.3, 0.4) is 0 Å². The van der Waals surface area contributed by atoms with Crippen LogP contribution in [-0.2, 0) is 0 Å². The van der Waals surface area contributed by atoms with Gasteiger partial charge in [-0.1, -0.05) is 15.9 Å². The lowest BCUT2D eigenvalue weighted by atomic mass is 10.2. The van der Waals surface area contributed by atoms with Crippen LogP contribution in [0.5, 0.6) is 0 Å². The molecule has 3 nitrogen and oxygen atoms in total. The van der Waals surface area contributed by atoms with Crippen LogP contribution in [0.25, 0.3) is 10.1 Å². The molecule has 1 aromatic heterocycles. The molecule has 1 amide bonds. The quantitative estimate of drug-likeness (QED) is 0.863. The van der Waals surface area contributed by atoms with E-state index >= 15 is 0 Å². The molecule has 0 saturated heterocycles. The normalized spacial score (nSPS) is 11.9. The van der Waals surface area contributed by atoms with E-state index < -0.39 is 18.5 Å². The van der Waals surface area contributed by atoms with Crippen LogP contribution < -0.4 is 5.73 Å². The van der Waals surface area contributed by atoms with Crippen LogP contribution in [0, 0.1) is 0 Å². The molecule has 0 aliphatic rings. The van der Waals surface area contributed by atoms with Crippen molar-refractivity contribution in [1.29, 1.82) is 0 Å². The van der Waals surface area contributed by atoms with Crippen LogP contribution in [0.1, 0.15) is 16.1 Å². The summed E-state index contributed by atoms with van der Waals surface area (Å²) in [4.78, 5) is 13.5. The van der Waals surface area contributed by atoms with Gasteiger partial charge in [0.05, 0.1) is 12.1 Å². The van der Waals surface area contributed by atoms with E-state index in [1.165, 1.54) is 18.4 Å². The Morgan fingerprint density at radius 3 is 2.71 bits per heavy atom. The van der Waals surface area contributed by atoms with E-state index in [2.05, 4.69) is 15.9 Å². The highest BCUT2D eigenvalue weighted by Crippen LogP contribution is 2.36. The first-order chi connectivity index (χ1) is 9.69. The third-order valence-corrected chi connectivity index (χ3v) is 4.63. The number of rotatable bonds is 3. The summed E-state index contributed by atoms with van der Waals surface area (Å²) in [5.41, 5.74) is 6.25. The molecule has 0 fully saturated rings. The predicted molar refractivity (Wildman–Crippen MR) is 81.6 cm³/mol. The van der Waals surface area contributed by atoms with Crippen molar-refractivity contribution in [3.63, 3.8) is 0 Å². The first-order valence-corrected chi connectivity index (χ1v) is 7.60. The van der Waals surface area contributed by atoms with Gasteiger partial charge in [-0.3, -0.25) is 4.79 Å². The second kappa shape index (κ2) is 5.84. The first-order valence-electron chi connectivity index (χ1n) is 5.99. The fourth-order valence-electron chi connectivity index (χ4n) is 1.82. The predicted octanol–water partition coefficient (Wildman–Crippen LogP) is 4.27. The molecule has 0 aliphatic carbocycles. The molecule has 0 aliphatic heterocycles. The third-order valence-electron chi connectivity index (χ3n) is 2.96. The SMILES string of the molecule is CN(CCC(F)(F)F)C(=O)c1sc2ccc(Br)cc2c1N. The Bertz CT molecular complexity index is 684. The summed E-state index contributed by atoms with van der Waals surface area (Å²) in [6.07, 6.45) is -5.32. The number of carbonyl (C=O) groups excluding carboxylic acids is 1. The van der Waals surface area contributed by atoms with Gasteiger partial charge in [0.25, 0.3) is 5.91 Å². The van der Waals surface area contributed by atoms with Crippen molar-refractivity contribution in [2.75, 3.05) is 19.3 Å². The summed E-state index contributed by atoms with van der Waals surface area (Å²) in [5, 5.41) is 0.724. The summed E-state index contributed by atoms with van der Waals surface area (Å²) in [7, 11) is 1.34. The lowest BCUT2D eigenvalue weighted by molar-refractivity contribution is -0.136. The number of nitrogen functional groups attached to an aromatic ring is 1. The van der Waals surface area contributed by atoms with E-state index in [1.807, 2.05) is 12.1 Å². The van der Waals surface area contributed by atoms with Gasteiger partial charge in [0.1, 0.15) is 4.88 Å². The highest BCUT2D eigenvalue weighted by Gasteiger charge is 2.29. The van der Waals surface area contributed by atoms with Crippen molar-refractivity contribution in [1.82, 2.24) is 4.90 Å². The van der Waals surface area contributed by atoms with Crippen LogP contribution in [0.15, 0.2) is 22.7 Å². The van der Waals surface area contributed by atoms with E-state index in [0.717, 1.165) is 19.5 Å². The number of benzene rings is 1. The van der Waals surface area contributed by atoms with Crippen LogP contribution >= 0.6 is 27.3 Å². The van der Waals surface area contributed by atoms with Gasteiger partial charge in [0.15, 0.2) is 0 Å². The zero-order valence-corrected chi connectivity index (χ0v) is 13.4. The Hall–Kier alpha value is -1.28. The number of fused-ring (bicyclic) bond motifs is 1. The summed E-state index contributed by atoms with van der Waals surface area (Å²) in [6.45, 7) is -0.389. The molecule has 0 saturated carbocycles. The van der Waals surface area contributed by atoms with E-state index in [4.69, 9.17) is 5.73 Å². The number of alkyl halides is 3. The zero-order chi connectivity index (χ0) is 15.8. The van der Waals surface area contributed by atoms with Crippen molar-refractivity contribution < 1.29 is 18.0 Å². The molecule has 1 aromatic carbocycles. The van der Waals surface area contributed by atoms with Gasteiger partial charge in [-0.15, -0.1) is 11.3 Å². The van der Waals surface area contributed by atoms with E-state index in [0.29, 0.717) is 5.69 Å². The molecule has 0 atom stereocenters. The number of hydrogen-bond acceptors (Lipinski definition) is 3. The molecular weight excluding hydrogens is 369 g/mol. The molecule has 8 heteroatoms. The number of nitrogens with two attached hydrogens (primary N) is 1. The van der Waals surface area contributed by atoms with E-state index in [1.54, 1.807) is 6.07 Å². The zero-order valence-electron chi connectivity index (χ0n) is 11.0. The average Bonchev–Trinajstić information content (AvgIpc) is 2.71. The Balaban J connectivity index is 2.25. The first kappa shape index (κ1) is 16.1. The molecule has 2 rings (SSSR count). The minimum absolute atomic E-state index is 0.271. The van der Waals surface area contributed by atoms with Gasteiger partial charge >= 0.3 is 6.18 Å². The molecule has 0 radical (unpaired) electrons. The Morgan fingerprint density at radius 2 is 2.10 bits per heavy atom. The number of carbonyl (C=O) groups is 1. The highest BCUT2D eigenvalue weighted by molar-refractivity contribution is 9.10. The van der Waals surface area contributed by atoms with Crippen molar-refractivity contribution in [2.24, 2.45) is 0 Å². The van der Waals surface area contributed by atoms with Crippen LogP contribution in [0.4, 0.5) is 18.9 Å². The fraction of sp³-hybridized carbons (Fsp3) is 0.308. The fourth-order valence-corrected chi connectivity index (χ4v) is 3.28. The summed E-state index contributed by atoms with van der Waals surface area (Å²) in [6, 6.07) is 5.42. The third kappa shape index (κ3) is 3.68. The van der Waals surface area contributed by atoms with Crippen LogP contribution in [0.2, 0.25) is 0 Å². The van der Waals surface area contributed by atoms with Crippen molar-refractivity contribution in [3.05, 3.63) is 27.5 Å². The van der Waals surface area contributed by atoms with Gasteiger partial charge in [-0.05, 0) is 18.2 Å². The molecule has 0 unspecified atom stereocenters. The lowest BCUT2D eigenvalue weighted by Crippen LogP contribution is -2.30. The lowest BCUT2D eigenvalue weighted by Gasteiger charge is -2.17. The van der Waals surface area contributed by atoms with Gasteiger partial charge in [-0.2, -0.15) is 13.2 Å². The molecule has 2 aromatic rings. The number of halogens is 4. The maximum atomic E-state index is 12.2. The molecule has 114 valence electrons. The van der Waals surface area contributed by atoms with Crippen LogP contribution in [-0.4, -0.2) is 30.6 Å². The second-order valence-electron chi connectivity index (χ2n) is 4.58. The monoisotopic (exact) mass is 380 g/mol. The smallest absolute Gasteiger partial charge is 0.390 e. The molecule has 0 spiro atoms. The van der Waals surface area contributed by atoms with Crippen molar-refractivity contribution in [2.45, 2.75) is 12.6 Å².